The fourth-order valence-electron chi connectivity index (χ4n) is 1.55. The molecule has 0 aromatic carbocycles. The third-order valence-electron chi connectivity index (χ3n) is 2.44. The Morgan fingerprint density at radius 3 is 2.27 bits per heavy atom. The quantitative estimate of drug-likeness (QED) is 0.756. The van der Waals surface area contributed by atoms with Gasteiger partial charge in [0.05, 0.1) is 5.69 Å². The number of sulfonamides is 1. The second kappa shape index (κ2) is 5.00. The van der Waals surface area contributed by atoms with E-state index in [2.05, 4.69) is 9.98 Å². The largest absolute Gasteiger partial charge is 0.419 e. The van der Waals surface area contributed by atoms with Crippen molar-refractivity contribution in [3.05, 3.63) is 18.5 Å². The van der Waals surface area contributed by atoms with Crippen LogP contribution in [0.25, 0.3) is 0 Å². The van der Waals surface area contributed by atoms with Gasteiger partial charge in [0.25, 0.3) is 10.0 Å². The van der Waals surface area contributed by atoms with E-state index >= 15 is 0 Å². The summed E-state index contributed by atoms with van der Waals surface area (Å²) in [6.45, 7) is 0. The zero-order valence-corrected chi connectivity index (χ0v) is 11.0. The van der Waals surface area contributed by atoms with Crippen molar-refractivity contribution in [2.24, 2.45) is 4.99 Å². The smallest absolute Gasteiger partial charge is 0.324 e. The van der Waals surface area contributed by atoms with E-state index in [9.17, 15) is 34.8 Å². The van der Waals surface area contributed by atoms with Gasteiger partial charge in [-0.05, 0) is 6.07 Å². The first-order valence-corrected chi connectivity index (χ1v) is 6.84. The highest BCUT2D eigenvalue weighted by atomic mass is 32.2. The Morgan fingerprint density at radius 2 is 1.73 bits per heavy atom. The number of nitrogens with zero attached hydrogens (tertiary/aromatic N) is 2. The van der Waals surface area contributed by atoms with Crippen molar-refractivity contribution in [1.29, 1.82) is 0 Å². The van der Waals surface area contributed by atoms with Crippen molar-refractivity contribution in [2.75, 3.05) is 5.32 Å². The number of fused-ring (bicyclic) bond motifs is 1. The number of rotatable bonds is 1. The first-order chi connectivity index (χ1) is 9.91. The van der Waals surface area contributed by atoms with Crippen LogP contribution in [0.15, 0.2) is 28.3 Å². The summed E-state index contributed by atoms with van der Waals surface area (Å²) < 4.78 is 99.5. The summed E-state index contributed by atoms with van der Waals surface area (Å²) in [5.41, 5.74) is -0.240. The van der Waals surface area contributed by atoms with Gasteiger partial charge < -0.3 is 5.32 Å². The van der Waals surface area contributed by atoms with Gasteiger partial charge in [-0.15, -0.1) is 0 Å². The molecule has 1 aromatic heterocycles. The van der Waals surface area contributed by atoms with Gasteiger partial charge in [-0.25, -0.2) is 18.1 Å². The van der Waals surface area contributed by atoms with E-state index < -0.39 is 39.3 Å². The van der Waals surface area contributed by atoms with Crippen LogP contribution in [-0.2, 0) is 10.0 Å². The topological polar surface area (TPSA) is 83.5 Å². The van der Waals surface area contributed by atoms with E-state index in [-0.39, 0.29) is 5.69 Å². The minimum atomic E-state index is -5.73. The van der Waals surface area contributed by atoms with Gasteiger partial charge in [0, 0.05) is 12.4 Å². The number of hydrogen-bond donors (Lipinski definition) is 2. The van der Waals surface area contributed by atoms with E-state index in [1.165, 1.54) is 4.72 Å². The second-order valence-electron chi connectivity index (χ2n) is 4.07. The molecule has 2 rings (SSSR count). The fraction of sp³-hybridized carbons (Fsp3) is 0.333. The number of hydrogen-bond acceptors (Lipinski definition) is 4. The van der Waals surface area contributed by atoms with E-state index in [1.54, 1.807) is 0 Å². The molecule has 122 valence electrons. The minimum absolute atomic E-state index is 0.240. The Bertz CT molecular complexity index is 698. The normalized spacial score (nSPS) is 19.5. The maximum absolute atomic E-state index is 12.4. The van der Waals surface area contributed by atoms with Gasteiger partial charge >= 0.3 is 12.4 Å². The number of halogens is 6. The molecule has 0 bridgehead atoms. The van der Waals surface area contributed by atoms with Crippen LogP contribution >= 0.6 is 0 Å². The molecule has 2 N–H and O–H groups in total. The van der Waals surface area contributed by atoms with Crippen molar-refractivity contribution < 1.29 is 34.8 Å². The van der Waals surface area contributed by atoms with E-state index in [4.69, 9.17) is 0 Å². The molecule has 0 aliphatic carbocycles. The number of anilines is 1. The average molecular weight is 348 g/mol. The first kappa shape index (κ1) is 16.3. The number of aliphatic imine (C=N–C) groups is 1. The molecule has 0 radical (unpaired) electrons. The second-order valence-corrected chi connectivity index (χ2v) is 5.72. The maximum atomic E-state index is 12.4. The predicted molar refractivity (Wildman–Crippen MR) is 61.5 cm³/mol. The van der Waals surface area contributed by atoms with Crippen LogP contribution in [0.5, 0.6) is 0 Å². The fourth-order valence-corrected chi connectivity index (χ4v) is 2.63. The van der Waals surface area contributed by atoms with Crippen LogP contribution in [-0.4, -0.2) is 37.8 Å². The molecule has 2 heterocycles. The van der Waals surface area contributed by atoms with E-state index in [0.29, 0.717) is 0 Å². The molecule has 13 heteroatoms. The Labute approximate surface area is 119 Å². The van der Waals surface area contributed by atoms with Crippen molar-refractivity contribution in [2.45, 2.75) is 23.3 Å². The van der Waals surface area contributed by atoms with Gasteiger partial charge in [0.1, 0.15) is 4.90 Å². The minimum Gasteiger partial charge on any atom is -0.324 e. The average Bonchev–Trinajstić information content (AvgIpc) is 2.32. The molecule has 0 saturated heterocycles. The zero-order valence-electron chi connectivity index (χ0n) is 10.2. The molecule has 0 atom stereocenters. The summed E-state index contributed by atoms with van der Waals surface area (Å²) in [4.78, 5) is 5.49. The molecule has 0 saturated carbocycles. The van der Waals surface area contributed by atoms with Gasteiger partial charge in [0.15, 0.2) is 0 Å². The number of guanidine groups is 1. The molecule has 6 nitrogen and oxygen atoms in total. The highest BCUT2D eigenvalue weighted by Gasteiger charge is 2.57. The van der Waals surface area contributed by atoms with Crippen LogP contribution in [0.3, 0.4) is 0 Å². The van der Waals surface area contributed by atoms with Crippen molar-refractivity contribution >= 4 is 21.7 Å². The summed E-state index contributed by atoms with van der Waals surface area (Å²) >= 11 is 0. The highest BCUT2D eigenvalue weighted by molar-refractivity contribution is 7.90. The van der Waals surface area contributed by atoms with Crippen LogP contribution in [0, 0.1) is 0 Å². The van der Waals surface area contributed by atoms with Crippen molar-refractivity contribution in [3.63, 3.8) is 0 Å². The third kappa shape index (κ3) is 3.23. The Balaban J connectivity index is 2.47. The lowest BCUT2D eigenvalue weighted by Crippen LogP contribution is -2.46. The number of alkyl halides is 6. The van der Waals surface area contributed by atoms with Crippen molar-refractivity contribution in [3.8, 4) is 0 Å². The third-order valence-corrected chi connectivity index (χ3v) is 3.80. The summed E-state index contributed by atoms with van der Waals surface area (Å²) in [5.74, 6) is -1.18. The summed E-state index contributed by atoms with van der Waals surface area (Å²) in [6.07, 6.45) is -9.46. The summed E-state index contributed by atoms with van der Waals surface area (Å²) in [6, 6.07) is -2.99. The molecule has 1 aliphatic rings. The van der Waals surface area contributed by atoms with Crippen LogP contribution in [0.4, 0.5) is 32.0 Å². The van der Waals surface area contributed by atoms with E-state index in [0.717, 1.165) is 18.5 Å². The molecule has 0 spiro atoms. The predicted octanol–water partition coefficient (Wildman–Crippen LogP) is 1.63. The summed E-state index contributed by atoms with van der Waals surface area (Å²) in [7, 11) is -4.37. The number of aromatic nitrogens is 1. The van der Waals surface area contributed by atoms with Crippen LogP contribution < -0.4 is 10.0 Å². The van der Waals surface area contributed by atoms with Crippen LogP contribution in [0.2, 0.25) is 0 Å². The molecular formula is C9H6F6N4O2S. The Morgan fingerprint density at radius 1 is 1.14 bits per heavy atom. The SMILES string of the molecule is O=S1(=O)NC(=NC(C(F)(F)F)C(F)(F)F)Nc2ccncc21. The molecule has 0 fully saturated rings. The lowest BCUT2D eigenvalue weighted by atomic mass is 10.3. The number of pyridine rings is 1. The molecule has 1 aliphatic heterocycles. The Kier molecular flexibility index (Phi) is 3.71. The summed E-state index contributed by atoms with van der Waals surface area (Å²) in [5, 5.41) is 2.05. The van der Waals surface area contributed by atoms with E-state index in [1.807, 2.05) is 5.32 Å². The van der Waals surface area contributed by atoms with Crippen LogP contribution in [0.1, 0.15) is 0 Å². The van der Waals surface area contributed by atoms with Gasteiger partial charge in [-0.1, -0.05) is 0 Å². The van der Waals surface area contributed by atoms with Crippen molar-refractivity contribution in [1.82, 2.24) is 9.71 Å². The van der Waals surface area contributed by atoms with Gasteiger partial charge in [0.2, 0.25) is 12.0 Å². The Hall–Kier alpha value is -2.05. The standard InChI is InChI=1S/C9H6F6N4O2S/c10-8(11,12)6(9(13,14)15)18-7-17-4-1-2-16-3-5(4)22(20,21)19-7/h1-3,6H,(H2,17,18,19). The molecule has 22 heavy (non-hydrogen) atoms. The van der Waals surface area contributed by atoms with Gasteiger partial charge in [-0.2, -0.15) is 26.3 Å². The molecular weight excluding hydrogens is 342 g/mol. The number of nitrogens with one attached hydrogen (secondary N) is 2. The lowest BCUT2D eigenvalue weighted by Gasteiger charge is -2.24. The monoisotopic (exact) mass is 348 g/mol. The molecule has 1 aromatic rings. The highest BCUT2D eigenvalue weighted by Crippen LogP contribution is 2.36. The molecule has 0 amide bonds. The zero-order chi connectivity index (χ0) is 16.8. The first-order valence-electron chi connectivity index (χ1n) is 5.36. The lowest BCUT2D eigenvalue weighted by molar-refractivity contribution is -0.247. The van der Waals surface area contributed by atoms with Gasteiger partial charge in [-0.3, -0.25) is 4.98 Å². The maximum Gasteiger partial charge on any atom is 0.419 e. The molecule has 0 unspecified atom stereocenters.